The molecule has 254 valence electrons. The van der Waals surface area contributed by atoms with Gasteiger partial charge in [0.2, 0.25) is 11.9 Å². The molecule has 2 aromatic carbocycles. The number of ether oxygens (including phenoxy) is 1. The Hall–Kier alpha value is -4.40. The third-order valence-corrected chi connectivity index (χ3v) is 10.3. The minimum Gasteiger partial charge on any atom is -0.448 e. The summed E-state index contributed by atoms with van der Waals surface area (Å²) in [6.45, 7) is 14.3. The number of aryl methyl sites for hydroxylation is 2. The maximum Gasteiger partial charge on any atom is 0.436 e. The van der Waals surface area contributed by atoms with Crippen molar-refractivity contribution in [2.24, 2.45) is 4.99 Å². The van der Waals surface area contributed by atoms with Gasteiger partial charge in [-0.25, -0.2) is 4.79 Å². The van der Waals surface area contributed by atoms with Crippen molar-refractivity contribution in [3.8, 4) is 0 Å². The second-order valence-corrected chi connectivity index (χ2v) is 14.1. The first-order valence-corrected chi connectivity index (χ1v) is 17.6. The number of likely N-dealkylation sites (tertiary alicyclic amines) is 2. The Balaban J connectivity index is 1.26. The van der Waals surface area contributed by atoms with Crippen molar-refractivity contribution in [3.63, 3.8) is 0 Å². The number of aliphatic imine (C=N–C) groups is 1. The fraction of sp³-hybridized carbons (Fsp3) is 0.487. The molecule has 9 heteroatoms. The molecule has 9 nitrogen and oxygen atoms in total. The van der Waals surface area contributed by atoms with Crippen LogP contribution in [0.5, 0.6) is 0 Å². The molecule has 3 atom stereocenters. The molecule has 0 spiro atoms. The minimum atomic E-state index is -0.624. The van der Waals surface area contributed by atoms with Gasteiger partial charge in [-0.15, -0.1) is 4.99 Å². The van der Waals surface area contributed by atoms with Gasteiger partial charge in [-0.05, 0) is 101 Å². The summed E-state index contributed by atoms with van der Waals surface area (Å²) in [6.07, 6.45) is 7.00. The number of fused-ring (bicyclic) bond motifs is 1. The Morgan fingerprint density at radius 2 is 1.71 bits per heavy atom. The molecule has 3 aliphatic heterocycles. The molecule has 4 heterocycles. The summed E-state index contributed by atoms with van der Waals surface area (Å²) in [5, 5.41) is 7.39. The van der Waals surface area contributed by atoms with Crippen LogP contribution in [0.25, 0.3) is 0 Å². The van der Waals surface area contributed by atoms with Crippen LogP contribution < -0.4 is 10.6 Å². The van der Waals surface area contributed by atoms with Crippen molar-refractivity contribution in [3.05, 3.63) is 94.3 Å². The van der Waals surface area contributed by atoms with E-state index >= 15 is 0 Å². The first-order valence-electron chi connectivity index (χ1n) is 17.6. The van der Waals surface area contributed by atoms with Crippen LogP contribution in [0, 0.1) is 13.8 Å². The van der Waals surface area contributed by atoms with E-state index in [2.05, 4.69) is 102 Å². The van der Waals surface area contributed by atoms with Crippen molar-refractivity contribution in [1.29, 1.82) is 0 Å². The van der Waals surface area contributed by atoms with Crippen molar-refractivity contribution in [2.45, 2.75) is 83.6 Å². The first kappa shape index (κ1) is 33.5. The van der Waals surface area contributed by atoms with Crippen LogP contribution in [0.2, 0.25) is 0 Å². The highest BCUT2D eigenvalue weighted by molar-refractivity contribution is 5.90. The number of benzene rings is 2. The second-order valence-electron chi connectivity index (χ2n) is 14.1. The van der Waals surface area contributed by atoms with Crippen LogP contribution in [0.15, 0.2) is 65.9 Å². The fourth-order valence-electron chi connectivity index (χ4n) is 7.77. The Morgan fingerprint density at radius 1 is 0.979 bits per heavy atom. The van der Waals surface area contributed by atoms with E-state index in [1.807, 2.05) is 17.3 Å². The zero-order chi connectivity index (χ0) is 33.8. The number of carbonyl (C=O) groups is 2. The highest BCUT2D eigenvalue weighted by Crippen LogP contribution is 2.47. The summed E-state index contributed by atoms with van der Waals surface area (Å²) in [5.74, 6) is 1.24. The van der Waals surface area contributed by atoms with Gasteiger partial charge in [0.15, 0.2) is 0 Å². The van der Waals surface area contributed by atoms with Crippen molar-refractivity contribution < 1.29 is 14.3 Å². The van der Waals surface area contributed by atoms with E-state index in [0.717, 1.165) is 63.1 Å². The van der Waals surface area contributed by atoms with Crippen LogP contribution in [0.4, 0.5) is 10.5 Å². The molecule has 1 aromatic heterocycles. The van der Waals surface area contributed by atoms with E-state index in [0.29, 0.717) is 18.4 Å². The third kappa shape index (κ3) is 7.20. The number of amides is 2. The number of hydrogen-bond donors (Lipinski definition) is 2. The summed E-state index contributed by atoms with van der Waals surface area (Å²) in [5.41, 5.74) is 7.72. The zero-order valence-electron chi connectivity index (χ0n) is 29.1. The van der Waals surface area contributed by atoms with Crippen LogP contribution in [0.1, 0.15) is 97.7 Å². The second kappa shape index (κ2) is 14.4. The monoisotopic (exact) mass is 650 g/mol. The van der Waals surface area contributed by atoms with Gasteiger partial charge in [-0.2, -0.15) is 0 Å². The third-order valence-electron chi connectivity index (χ3n) is 10.3. The molecule has 0 bridgehead atoms. The van der Waals surface area contributed by atoms with E-state index in [1.165, 1.54) is 27.8 Å². The number of carbonyl (C=O) groups excluding carboxylic acids is 2. The van der Waals surface area contributed by atoms with Gasteiger partial charge in [-0.3, -0.25) is 9.78 Å². The van der Waals surface area contributed by atoms with Gasteiger partial charge >= 0.3 is 6.09 Å². The maximum absolute atomic E-state index is 13.7. The molecule has 3 aliphatic rings. The average Bonchev–Trinajstić information content (AvgIpc) is 3.85. The van der Waals surface area contributed by atoms with Gasteiger partial charge in [0.1, 0.15) is 0 Å². The number of aromatic nitrogens is 1. The predicted molar refractivity (Wildman–Crippen MR) is 191 cm³/mol. The van der Waals surface area contributed by atoms with E-state index in [4.69, 9.17) is 4.74 Å². The van der Waals surface area contributed by atoms with Gasteiger partial charge < -0.3 is 25.2 Å². The summed E-state index contributed by atoms with van der Waals surface area (Å²) < 4.78 is 5.23. The molecule has 2 saturated heterocycles. The minimum absolute atomic E-state index is 0.0707. The number of pyridine rings is 1. The van der Waals surface area contributed by atoms with Crippen LogP contribution in [-0.4, -0.2) is 72.1 Å². The number of nitrogens with one attached hydrogen (secondary N) is 2. The Labute approximate surface area is 285 Å². The predicted octanol–water partition coefficient (Wildman–Crippen LogP) is 6.83. The molecule has 3 unspecified atom stereocenters. The van der Waals surface area contributed by atoms with E-state index in [9.17, 15) is 9.59 Å². The van der Waals surface area contributed by atoms with E-state index in [-0.39, 0.29) is 24.5 Å². The molecule has 3 aromatic rings. The van der Waals surface area contributed by atoms with Crippen molar-refractivity contribution in [1.82, 2.24) is 20.1 Å². The molecule has 0 radical (unpaired) electrons. The summed E-state index contributed by atoms with van der Waals surface area (Å²) in [7, 11) is 0. The molecule has 0 aliphatic carbocycles. The lowest BCUT2D eigenvalue weighted by Crippen LogP contribution is -2.42. The van der Waals surface area contributed by atoms with Crippen LogP contribution in [0.3, 0.4) is 0 Å². The highest BCUT2D eigenvalue weighted by atomic mass is 16.5. The number of anilines is 1. The summed E-state index contributed by atoms with van der Waals surface area (Å²) >= 11 is 0. The topological polar surface area (TPSA) is 99.2 Å². The van der Waals surface area contributed by atoms with Gasteiger partial charge in [0, 0.05) is 62.6 Å². The average molecular weight is 651 g/mol. The maximum atomic E-state index is 13.7. The smallest absolute Gasteiger partial charge is 0.436 e. The quantitative estimate of drug-likeness (QED) is 0.204. The first-order chi connectivity index (χ1) is 23.1. The molecule has 2 fully saturated rings. The SMILES string of the molecule is CCOC(=O)/N=C(\NCCC1c2cc(C(C)(C)C(=O)N3CCCC3)ccc2NC1c1cc(C)cc(C)c1)N1CCC(c2ccncc2)C1. The van der Waals surface area contributed by atoms with Crippen molar-refractivity contribution in [2.75, 3.05) is 44.6 Å². The Bertz CT molecular complexity index is 1630. The van der Waals surface area contributed by atoms with E-state index in [1.54, 1.807) is 6.92 Å². The standard InChI is InChI=1S/C39H50N6O3/c1-6-48-38(47)43-37(45-20-14-29(25-45)28-11-15-40-16-12-28)41-17-13-32-33-24-31(39(4,5)36(46)44-18-7-8-19-44)9-10-34(33)42-35(32)30-22-26(2)21-27(3)23-30/h9-12,15-16,21-24,29,32,35,42H,6-8,13-14,17-20,25H2,1-5H3,(H,41,43,47). The molecule has 2 N–H and O–H groups in total. The molecule has 48 heavy (non-hydrogen) atoms. The lowest BCUT2D eigenvalue weighted by atomic mass is 9.80. The molecule has 6 rings (SSSR count). The normalized spacial score (nSPS) is 20.9. The largest absolute Gasteiger partial charge is 0.448 e. The Morgan fingerprint density at radius 3 is 2.42 bits per heavy atom. The lowest BCUT2D eigenvalue weighted by molar-refractivity contribution is -0.135. The van der Waals surface area contributed by atoms with Gasteiger partial charge in [-0.1, -0.05) is 41.5 Å². The van der Waals surface area contributed by atoms with Crippen LogP contribution >= 0.6 is 0 Å². The van der Waals surface area contributed by atoms with Crippen molar-refractivity contribution >= 4 is 23.6 Å². The summed E-state index contributed by atoms with van der Waals surface area (Å²) in [6, 6.07) is 17.5. The lowest BCUT2D eigenvalue weighted by Gasteiger charge is -2.30. The van der Waals surface area contributed by atoms with E-state index < -0.39 is 11.5 Å². The number of rotatable bonds is 8. The highest BCUT2D eigenvalue weighted by Gasteiger charge is 2.39. The van der Waals surface area contributed by atoms with Gasteiger partial charge in [0.05, 0.1) is 18.1 Å². The fourth-order valence-corrected chi connectivity index (χ4v) is 7.77. The zero-order valence-corrected chi connectivity index (χ0v) is 29.1. The number of nitrogens with zero attached hydrogens (tertiary/aromatic N) is 4. The van der Waals surface area contributed by atoms with Crippen LogP contribution in [-0.2, 0) is 14.9 Å². The summed E-state index contributed by atoms with van der Waals surface area (Å²) in [4.78, 5) is 39.0. The number of hydrogen-bond acceptors (Lipinski definition) is 5. The molecule has 0 saturated carbocycles. The number of guanidine groups is 1. The Kier molecular flexibility index (Phi) is 10.0. The molecule has 2 amide bonds. The van der Waals surface area contributed by atoms with Gasteiger partial charge in [0.25, 0.3) is 0 Å². The molecular formula is C39H50N6O3. The molecular weight excluding hydrogens is 600 g/mol.